The smallest absolute Gasteiger partial charge is 0.322 e. The fourth-order valence-electron chi connectivity index (χ4n) is 2.78. The molecule has 1 aliphatic carbocycles. The van der Waals surface area contributed by atoms with Gasteiger partial charge in [0, 0.05) is 23.8 Å². The number of aliphatic hydroxyl groups excluding tert-OH is 1. The van der Waals surface area contributed by atoms with Crippen molar-refractivity contribution >= 4 is 17.5 Å². The molecule has 1 aromatic rings. The number of Topliss-reactive ketones (excluding diaryl/α,β-unsaturated/α-hetero) is 1. The van der Waals surface area contributed by atoms with E-state index in [-0.39, 0.29) is 24.5 Å². The van der Waals surface area contributed by atoms with Crippen molar-refractivity contribution < 1.29 is 14.7 Å². The number of urea groups is 1. The highest BCUT2D eigenvalue weighted by Gasteiger charge is 2.26. The Labute approximate surface area is 125 Å². The first-order chi connectivity index (χ1) is 10.1. The van der Waals surface area contributed by atoms with Crippen LogP contribution >= 0.6 is 0 Å². The lowest BCUT2D eigenvalue weighted by atomic mass is 10.1. The zero-order valence-electron chi connectivity index (χ0n) is 12.3. The monoisotopic (exact) mass is 290 g/mol. The molecule has 0 aliphatic heterocycles. The Bertz CT molecular complexity index is 510. The van der Waals surface area contributed by atoms with Gasteiger partial charge in [0.2, 0.25) is 0 Å². The van der Waals surface area contributed by atoms with Crippen molar-refractivity contribution in [2.75, 3.05) is 18.5 Å². The van der Waals surface area contributed by atoms with Crippen LogP contribution in [0.25, 0.3) is 0 Å². The van der Waals surface area contributed by atoms with Gasteiger partial charge >= 0.3 is 6.03 Å². The predicted octanol–water partition coefficient (Wildman–Crippen LogP) is 2.66. The van der Waals surface area contributed by atoms with E-state index in [9.17, 15) is 9.59 Å². The van der Waals surface area contributed by atoms with Crippen LogP contribution in [0.5, 0.6) is 0 Å². The van der Waals surface area contributed by atoms with E-state index in [4.69, 9.17) is 5.11 Å². The second-order valence-electron chi connectivity index (χ2n) is 5.42. The number of nitrogens with one attached hydrogen (secondary N) is 1. The summed E-state index contributed by atoms with van der Waals surface area (Å²) in [6.45, 7) is 1.79. The molecule has 2 rings (SSSR count). The maximum absolute atomic E-state index is 12.4. The maximum Gasteiger partial charge on any atom is 0.322 e. The number of benzene rings is 1. The Morgan fingerprint density at radius 1 is 1.33 bits per heavy atom. The van der Waals surface area contributed by atoms with Gasteiger partial charge in [0.25, 0.3) is 0 Å². The number of ketones is 1. The molecule has 1 aromatic carbocycles. The Balaban J connectivity index is 2.07. The lowest BCUT2D eigenvalue weighted by Gasteiger charge is -2.28. The Kier molecular flexibility index (Phi) is 5.33. The molecular weight excluding hydrogens is 268 g/mol. The third-order valence-corrected chi connectivity index (χ3v) is 3.89. The molecule has 5 heteroatoms. The molecule has 0 saturated heterocycles. The normalized spacial score (nSPS) is 15.0. The van der Waals surface area contributed by atoms with Crippen molar-refractivity contribution in [1.29, 1.82) is 0 Å². The molecule has 2 N–H and O–H groups in total. The average Bonchev–Trinajstić information content (AvgIpc) is 2.98. The zero-order valence-corrected chi connectivity index (χ0v) is 12.3. The highest BCUT2D eigenvalue weighted by atomic mass is 16.3. The third kappa shape index (κ3) is 4.04. The van der Waals surface area contributed by atoms with Crippen LogP contribution in [0, 0.1) is 0 Å². The highest BCUT2D eigenvalue weighted by Crippen LogP contribution is 2.24. The number of nitrogens with zero attached hydrogens (tertiary/aromatic N) is 1. The summed E-state index contributed by atoms with van der Waals surface area (Å²) >= 11 is 0. The van der Waals surface area contributed by atoms with E-state index >= 15 is 0 Å². The fraction of sp³-hybridized carbons (Fsp3) is 0.500. The number of hydrogen-bond acceptors (Lipinski definition) is 3. The number of anilines is 1. The van der Waals surface area contributed by atoms with Crippen LogP contribution < -0.4 is 5.32 Å². The summed E-state index contributed by atoms with van der Waals surface area (Å²) in [6.07, 6.45) is 4.22. The number of rotatable bonds is 5. The first kappa shape index (κ1) is 15.5. The van der Waals surface area contributed by atoms with Crippen LogP contribution in [-0.2, 0) is 0 Å². The third-order valence-electron chi connectivity index (χ3n) is 3.89. The average molecular weight is 290 g/mol. The molecule has 1 saturated carbocycles. The quantitative estimate of drug-likeness (QED) is 0.819. The Morgan fingerprint density at radius 3 is 2.67 bits per heavy atom. The molecule has 1 aliphatic rings. The van der Waals surface area contributed by atoms with Crippen LogP contribution in [0.4, 0.5) is 10.5 Å². The van der Waals surface area contributed by atoms with E-state index in [1.807, 2.05) is 0 Å². The van der Waals surface area contributed by atoms with Crippen molar-refractivity contribution in [3.63, 3.8) is 0 Å². The first-order valence-electron chi connectivity index (χ1n) is 7.41. The van der Waals surface area contributed by atoms with Crippen LogP contribution in [0.2, 0.25) is 0 Å². The van der Waals surface area contributed by atoms with E-state index in [1.54, 1.807) is 29.2 Å². The number of amides is 2. The summed E-state index contributed by atoms with van der Waals surface area (Å²) in [6, 6.07) is 6.89. The molecule has 2 amide bonds. The predicted molar refractivity (Wildman–Crippen MR) is 81.5 cm³/mol. The highest BCUT2D eigenvalue weighted by molar-refractivity contribution is 5.96. The first-order valence-corrected chi connectivity index (χ1v) is 7.41. The van der Waals surface area contributed by atoms with Gasteiger partial charge in [0.05, 0.1) is 6.61 Å². The summed E-state index contributed by atoms with van der Waals surface area (Å²) in [5.74, 6) is -0.0332. The van der Waals surface area contributed by atoms with E-state index in [1.165, 1.54) is 6.92 Å². The molecular formula is C16H22N2O3. The lowest BCUT2D eigenvalue weighted by molar-refractivity contribution is 0.101. The molecule has 0 unspecified atom stereocenters. The minimum absolute atomic E-state index is 0.0332. The van der Waals surface area contributed by atoms with Gasteiger partial charge in [-0.05, 0) is 31.9 Å². The van der Waals surface area contributed by atoms with E-state index in [0.29, 0.717) is 17.8 Å². The van der Waals surface area contributed by atoms with Gasteiger partial charge < -0.3 is 15.3 Å². The summed E-state index contributed by atoms with van der Waals surface area (Å²) in [5, 5.41) is 12.0. The lowest BCUT2D eigenvalue weighted by Crippen LogP contribution is -2.43. The maximum atomic E-state index is 12.4. The molecule has 0 bridgehead atoms. The molecule has 0 radical (unpaired) electrons. The van der Waals surface area contributed by atoms with Gasteiger partial charge in [-0.1, -0.05) is 25.0 Å². The standard InChI is InChI=1S/C16H22N2O3/c1-12(20)13-5-4-6-14(11-13)17-16(21)18(9-10-19)15-7-2-3-8-15/h4-6,11,15,19H,2-3,7-10H2,1H3,(H,17,21). The number of aliphatic hydroxyl groups is 1. The molecule has 21 heavy (non-hydrogen) atoms. The van der Waals surface area contributed by atoms with Crippen molar-refractivity contribution in [1.82, 2.24) is 4.90 Å². The van der Waals surface area contributed by atoms with Gasteiger partial charge in [-0.25, -0.2) is 4.79 Å². The van der Waals surface area contributed by atoms with Crippen LogP contribution in [0.3, 0.4) is 0 Å². The van der Waals surface area contributed by atoms with E-state index in [2.05, 4.69) is 5.32 Å². The minimum Gasteiger partial charge on any atom is -0.395 e. The van der Waals surface area contributed by atoms with Gasteiger partial charge in [0.1, 0.15) is 0 Å². The second kappa shape index (κ2) is 7.22. The fourth-order valence-corrected chi connectivity index (χ4v) is 2.78. The van der Waals surface area contributed by atoms with Gasteiger partial charge in [0.15, 0.2) is 5.78 Å². The van der Waals surface area contributed by atoms with Gasteiger partial charge in [-0.15, -0.1) is 0 Å². The van der Waals surface area contributed by atoms with E-state index in [0.717, 1.165) is 25.7 Å². The topological polar surface area (TPSA) is 69.6 Å². The summed E-state index contributed by atoms with van der Waals surface area (Å²) in [4.78, 5) is 25.5. The van der Waals surface area contributed by atoms with Crippen LogP contribution in [-0.4, -0.2) is 41.0 Å². The largest absolute Gasteiger partial charge is 0.395 e. The molecule has 5 nitrogen and oxygen atoms in total. The Morgan fingerprint density at radius 2 is 2.05 bits per heavy atom. The zero-order chi connectivity index (χ0) is 15.2. The van der Waals surface area contributed by atoms with Gasteiger partial charge in [-0.2, -0.15) is 0 Å². The second-order valence-corrected chi connectivity index (χ2v) is 5.42. The van der Waals surface area contributed by atoms with Crippen molar-refractivity contribution in [2.24, 2.45) is 0 Å². The van der Waals surface area contributed by atoms with Gasteiger partial charge in [-0.3, -0.25) is 4.79 Å². The number of carbonyl (C=O) groups is 2. The summed E-state index contributed by atoms with van der Waals surface area (Å²) < 4.78 is 0. The molecule has 0 aromatic heterocycles. The summed E-state index contributed by atoms with van der Waals surface area (Å²) in [5.41, 5.74) is 1.18. The van der Waals surface area contributed by atoms with Crippen molar-refractivity contribution in [3.05, 3.63) is 29.8 Å². The molecule has 0 heterocycles. The van der Waals surface area contributed by atoms with E-state index < -0.39 is 0 Å². The van der Waals surface area contributed by atoms with Crippen LogP contribution in [0.1, 0.15) is 43.0 Å². The molecule has 1 fully saturated rings. The van der Waals surface area contributed by atoms with Crippen molar-refractivity contribution in [2.45, 2.75) is 38.6 Å². The molecule has 0 atom stereocenters. The number of carbonyl (C=O) groups excluding carboxylic acids is 2. The SMILES string of the molecule is CC(=O)c1cccc(NC(=O)N(CCO)C2CCCC2)c1. The Hall–Kier alpha value is -1.88. The van der Waals surface area contributed by atoms with Crippen molar-refractivity contribution in [3.8, 4) is 0 Å². The summed E-state index contributed by atoms with van der Waals surface area (Å²) in [7, 11) is 0. The number of hydrogen-bond donors (Lipinski definition) is 2. The minimum atomic E-state index is -0.211. The molecule has 114 valence electrons. The molecule has 0 spiro atoms. The van der Waals surface area contributed by atoms with Crippen LogP contribution in [0.15, 0.2) is 24.3 Å².